The summed E-state index contributed by atoms with van der Waals surface area (Å²) in [5.41, 5.74) is 0. The van der Waals surface area contributed by atoms with Crippen LogP contribution in [-0.2, 0) is 19.0 Å². The van der Waals surface area contributed by atoms with Gasteiger partial charge in [0.25, 0.3) is 0 Å². The van der Waals surface area contributed by atoms with Gasteiger partial charge in [-0.3, -0.25) is 4.79 Å². The van der Waals surface area contributed by atoms with Crippen molar-refractivity contribution in [3.63, 3.8) is 0 Å². The van der Waals surface area contributed by atoms with E-state index in [1.807, 2.05) is 0 Å². The SMILES string of the molecule is O=C(OC1CCOCC1)C1COCCN1. The van der Waals surface area contributed by atoms with E-state index in [-0.39, 0.29) is 18.1 Å². The second-order valence-corrected chi connectivity index (χ2v) is 3.83. The number of hydrogen-bond acceptors (Lipinski definition) is 5. The van der Waals surface area contributed by atoms with Crippen LogP contribution in [0, 0.1) is 0 Å². The van der Waals surface area contributed by atoms with E-state index in [0.29, 0.717) is 33.0 Å². The van der Waals surface area contributed by atoms with Crippen LogP contribution in [0.5, 0.6) is 0 Å². The van der Waals surface area contributed by atoms with Gasteiger partial charge in [-0.15, -0.1) is 0 Å². The van der Waals surface area contributed by atoms with Gasteiger partial charge >= 0.3 is 5.97 Å². The number of rotatable bonds is 2. The Morgan fingerprint density at radius 3 is 2.67 bits per heavy atom. The molecule has 2 aliphatic heterocycles. The third-order valence-corrected chi connectivity index (χ3v) is 2.66. The maximum absolute atomic E-state index is 11.7. The Balaban J connectivity index is 1.74. The molecule has 2 heterocycles. The summed E-state index contributed by atoms with van der Waals surface area (Å²) >= 11 is 0. The molecule has 0 aliphatic carbocycles. The van der Waals surface area contributed by atoms with E-state index < -0.39 is 0 Å². The second-order valence-electron chi connectivity index (χ2n) is 3.83. The zero-order valence-corrected chi connectivity index (χ0v) is 8.74. The van der Waals surface area contributed by atoms with Gasteiger partial charge in [0, 0.05) is 19.4 Å². The highest BCUT2D eigenvalue weighted by atomic mass is 16.6. The average molecular weight is 215 g/mol. The Morgan fingerprint density at radius 1 is 1.20 bits per heavy atom. The molecule has 2 fully saturated rings. The fourth-order valence-corrected chi connectivity index (χ4v) is 1.76. The van der Waals surface area contributed by atoms with Crippen molar-refractivity contribution in [2.45, 2.75) is 25.0 Å². The summed E-state index contributed by atoms with van der Waals surface area (Å²) in [6, 6.07) is -0.290. The largest absolute Gasteiger partial charge is 0.461 e. The van der Waals surface area contributed by atoms with Crippen LogP contribution in [0.3, 0.4) is 0 Å². The monoisotopic (exact) mass is 215 g/mol. The van der Waals surface area contributed by atoms with Crippen LogP contribution < -0.4 is 5.32 Å². The highest BCUT2D eigenvalue weighted by Crippen LogP contribution is 2.11. The number of morpholine rings is 1. The van der Waals surface area contributed by atoms with E-state index in [1.165, 1.54) is 0 Å². The lowest BCUT2D eigenvalue weighted by Crippen LogP contribution is -2.48. The molecule has 1 unspecified atom stereocenters. The molecule has 2 aliphatic rings. The quantitative estimate of drug-likeness (QED) is 0.641. The molecule has 0 aromatic carbocycles. The van der Waals surface area contributed by atoms with Crippen LogP contribution in [0.25, 0.3) is 0 Å². The summed E-state index contributed by atoms with van der Waals surface area (Å²) in [7, 11) is 0. The molecule has 0 aromatic heterocycles. The third-order valence-electron chi connectivity index (χ3n) is 2.66. The number of hydrogen-bond donors (Lipinski definition) is 1. The zero-order valence-electron chi connectivity index (χ0n) is 8.74. The Labute approximate surface area is 89.1 Å². The Hall–Kier alpha value is -0.650. The molecule has 0 amide bonds. The molecule has 0 aromatic rings. The molecule has 2 rings (SSSR count). The first-order valence-corrected chi connectivity index (χ1v) is 5.45. The van der Waals surface area contributed by atoms with E-state index in [0.717, 1.165) is 12.8 Å². The van der Waals surface area contributed by atoms with Crippen LogP contribution in [0.4, 0.5) is 0 Å². The molecular weight excluding hydrogens is 198 g/mol. The molecule has 0 radical (unpaired) electrons. The lowest BCUT2D eigenvalue weighted by atomic mass is 10.1. The minimum atomic E-state index is -0.290. The molecule has 0 bridgehead atoms. The molecular formula is C10H17NO4. The standard InChI is InChI=1S/C10H17NO4/c12-10(9-7-14-6-3-11-9)15-8-1-4-13-5-2-8/h8-9,11H,1-7H2. The molecule has 86 valence electrons. The highest BCUT2D eigenvalue weighted by Gasteiger charge is 2.26. The average Bonchev–Trinajstić information content (AvgIpc) is 2.31. The second kappa shape index (κ2) is 5.44. The van der Waals surface area contributed by atoms with Crippen molar-refractivity contribution in [2.75, 3.05) is 33.0 Å². The van der Waals surface area contributed by atoms with Gasteiger partial charge < -0.3 is 19.5 Å². The Kier molecular flexibility index (Phi) is 3.94. The fourth-order valence-electron chi connectivity index (χ4n) is 1.76. The molecule has 1 atom stereocenters. The van der Waals surface area contributed by atoms with Crippen molar-refractivity contribution in [3.8, 4) is 0 Å². The van der Waals surface area contributed by atoms with E-state index in [2.05, 4.69) is 5.32 Å². The van der Waals surface area contributed by atoms with Crippen molar-refractivity contribution >= 4 is 5.97 Å². The minimum absolute atomic E-state index is 0.0231. The van der Waals surface area contributed by atoms with Crippen LogP contribution in [0.1, 0.15) is 12.8 Å². The molecule has 1 N–H and O–H groups in total. The number of carbonyl (C=O) groups is 1. The zero-order chi connectivity index (χ0) is 10.5. The number of esters is 1. The molecule has 2 saturated heterocycles. The van der Waals surface area contributed by atoms with E-state index in [4.69, 9.17) is 14.2 Å². The van der Waals surface area contributed by atoms with Crippen molar-refractivity contribution in [2.24, 2.45) is 0 Å². The molecule has 15 heavy (non-hydrogen) atoms. The van der Waals surface area contributed by atoms with Crippen LogP contribution in [0.2, 0.25) is 0 Å². The normalized spacial score (nSPS) is 28.7. The number of nitrogens with one attached hydrogen (secondary N) is 1. The Bertz CT molecular complexity index is 209. The molecule has 5 nitrogen and oxygen atoms in total. The van der Waals surface area contributed by atoms with Gasteiger partial charge in [0.05, 0.1) is 26.4 Å². The summed E-state index contributed by atoms with van der Waals surface area (Å²) in [5.74, 6) is -0.193. The van der Waals surface area contributed by atoms with Crippen molar-refractivity contribution in [3.05, 3.63) is 0 Å². The third kappa shape index (κ3) is 3.15. The topological polar surface area (TPSA) is 56.8 Å². The molecule has 0 spiro atoms. The van der Waals surface area contributed by atoms with Crippen LogP contribution in [0.15, 0.2) is 0 Å². The summed E-state index contributed by atoms with van der Waals surface area (Å²) in [5, 5.41) is 3.08. The fraction of sp³-hybridized carbons (Fsp3) is 0.900. The van der Waals surface area contributed by atoms with Gasteiger partial charge in [-0.05, 0) is 0 Å². The summed E-state index contributed by atoms with van der Waals surface area (Å²) < 4.78 is 15.8. The Morgan fingerprint density at radius 2 is 2.00 bits per heavy atom. The number of ether oxygens (including phenoxy) is 3. The maximum atomic E-state index is 11.7. The predicted molar refractivity (Wildman–Crippen MR) is 52.5 cm³/mol. The summed E-state index contributed by atoms with van der Waals surface area (Å²) in [6.45, 7) is 3.18. The van der Waals surface area contributed by atoms with Crippen molar-refractivity contribution in [1.82, 2.24) is 5.32 Å². The maximum Gasteiger partial charge on any atom is 0.325 e. The highest BCUT2D eigenvalue weighted by molar-refractivity contribution is 5.76. The van der Waals surface area contributed by atoms with E-state index in [1.54, 1.807) is 0 Å². The lowest BCUT2D eigenvalue weighted by Gasteiger charge is -2.27. The van der Waals surface area contributed by atoms with Gasteiger partial charge in [-0.25, -0.2) is 0 Å². The first kappa shape index (κ1) is 10.9. The molecule has 0 saturated carbocycles. The van der Waals surface area contributed by atoms with Crippen LogP contribution in [-0.4, -0.2) is 51.1 Å². The van der Waals surface area contributed by atoms with E-state index in [9.17, 15) is 4.79 Å². The van der Waals surface area contributed by atoms with Gasteiger partial charge in [0.15, 0.2) is 0 Å². The lowest BCUT2D eigenvalue weighted by molar-refractivity contribution is -0.158. The number of carbonyl (C=O) groups excluding carboxylic acids is 1. The van der Waals surface area contributed by atoms with Crippen molar-refractivity contribution < 1.29 is 19.0 Å². The van der Waals surface area contributed by atoms with Crippen molar-refractivity contribution in [1.29, 1.82) is 0 Å². The first-order valence-electron chi connectivity index (χ1n) is 5.45. The molecule has 5 heteroatoms. The summed E-state index contributed by atoms with van der Waals surface area (Å²) in [4.78, 5) is 11.7. The summed E-state index contributed by atoms with van der Waals surface area (Å²) in [6.07, 6.45) is 1.63. The minimum Gasteiger partial charge on any atom is -0.461 e. The predicted octanol–water partition coefficient (Wildman–Crippen LogP) is -0.303. The first-order chi connectivity index (χ1) is 7.36. The van der Waals surface area contributed by atoms with Gasteiger partial charge in [-0.2, -0.15) is 0 Å². The smallest absolute Gasteiger partial charge is 0.325 e. The van der Waals surface area contributed by atoms with Gasteiger partial charge in [-0.1, -0.05) is 0 Å². The van der Waals surface area contributed by atoms with Gasteiger partial charge in [0.2, 0.25) is 0 Å². The van der Waals surface area contributed by atoms with Crippen LogP contribution >= 0.6 is 0 Å². The van der Waals surface area contributed by atoms with E-state index >= 15 is 0 Å². The van der Waals surface area contributed by atoms with Gasteiger partial charge in [0.1, 0.15) is 12.1 Å².